The van der Waals surface area contributed by atoms with Crippen LogP contribution in [-0.4, -0.2) is 53.6 Å². The summed E-state index contributed by atoms with van der Waals surface area (Å²) in [5.74, 6) is 0.380. The molecule has 0 N–H and O–H groups in total. The van der Waals surface area contributed by atoms with Gasteiger partial charge in [-0.2, -0.15) is 31.1 Å². The van der Waals surface area contributed by atoms with E-state index in [1.807, 2.05) is 27.5 Å². The summed E-state index contributed by atoms with van der Waals surface area (Å²) in [6.07, 6.45) is -12.6. The third kappa shape index (κ3) is 4.80. The normalized spacial score (nSPS) is 20.6. The van der Waals surface area contributed by atoms with Gasteiger partial charge in [-0.3, -0.25) is 0 Å². The lowest BCUT2D eigenvalue weighted by Crippen LogP contribution is -2.52. The molecule has 7 nitrogen and oxygen atoms in total. The van der Waals surface area contributed by atoms with Gasteiger partial charge in [0, 0.05) is 26.9 Å². The first-order valence-corrected chi connectivity index (χ1v) is 16.1. The topological polar surface area (TPSA) is 81.0 Å². The number of hydrogen-bond acceptors (Lipinski definition) is 6. The molecule has 0 spiro atoms. The quantitative estimate of drug-likeness (QED) is 0.167. The van der Waals surface area contributed by atoms with Gasteiger partial charge in [0.1, 0.15) is 4.75 Å². The number of hydrogen-bond donors (Lipinski definition) is 0. The number of tetrazole rings is 1. The number of benzene rings is 3. The predicted molar refractivity (Wildman–Crippen MR) is 158 cm³/mol. The molecule has 0 unspecified atom stereocenters. The van der Waals surface area contributed by atoms with E-state index in [0.29, 0.717) is 29.2 Å². The zero-order valence-electron chi connectivity index (χ0n) is 23.2. The molecule has 2 atom stereocenters. The summed E-state index contributed by atoms with van der Waals surface area (Å²) in [4.78, 5) is 3.15. The Kier molecular flexibility index (Phi) is 7.49. The number of anilines is 1. The Labute approximate surface area is 266 Å². The van der Waals surface area contributed by atoms with Crippen LogP contribution in [0.1, 0.15) is 29.5 Å². The van der Waals surface area contributed by atoms with E-state index < -0.39 is 44.2 Å². The highest BCUT2D eigenvalue weighted by molar-refractivity contribution is 14.1. The molecule has 1 aliphatic heterocycles. The van der Waals surface area contributed by atoms with E-state index in [-0.39, 0.29) is 41.8 Å². The third-order valence-corrected chi connectivity index (χ3v) is 11.9. The van der Waals surface area contributed by atoms with Crippen molar-refractivity contribution in [2.75, 3.05) is 11.4 Å². The monoisotopic (exact) mass is 765 g/mol. The zero-order valence-corrected chi connectivity index (χ0v) is 26.2. The van der Waals surface area contributed by atoms with Crippen LogP contribution in [0.4, 0.5) is 36.4 Å². The number of rotatable bonds is 5. The molecule has 6 rings (SSSR count). The Morgan fingerprint density at radius 2 is 1.56 bits per heavy atom. The Bertz CT molecular complexity index is 1850. The summed E-state index contributed by atoms with van der Waals surface area (Å²) >= 11 is 2.01. The van der Waals surface area contributed by atoms with Gasteiger partial charge in [-0.1, -0.05) is 18.2 Å². The summed E-state index contributed by atoms with van der Waals surface area (Å²) < 4.78 is 125. The van der Waals surface area contributed by atoms with Crippen LogP contribution < -0.4 is 4.90 Å². The van der Waals surface area contributed by atoms with E-state index in [1.54, 1.807) is 43.4 Å². The van der Waals surface area contributed by atoms with E-state index in [1.165, 1.54) is 16.9 Å². The minimum absolute atomic E-state index is 0.00882. The van der Waals surface area contributed by atoms with Crippen LogP contribution in [0.2, 0.25) is 0 Å². The Balaban J connectivity index is 1.49. The van der Waals surface area contributed by atoms with Crippen LogP contribution in [0.25, 0.3) is 11.4 Å². The Morgan fingerprint density at radius 3 is 2.13 bits per heavy atom. The van der Waals surface area contributed by atoms with E-state index in [0.717, 1.165) is 9.64 Å². The first kappa shape index (κ1) is 31.7. The van der Waals surface area contributed by atoms with Crippen molar-refractivity contribution < 1.29 is 39.2 Å². The average Bonchev–Trinajstić information content (AvgIpc) is 3.60. The largest absolute Gasteiger partial charge is 0.435 e. The fraction of sp³-hybridized carbons (Fsp3) is 0.345. The fourth-order valence-corrected chi connectivity index (χ4v) is 9.29. The molecule has 1 aliphatic carbocycles. The second-order valence-corrected chi connectivity index (χ2v) is 14.5. The third-order valence-electron chi connectivity index (χ3n) is 8.63. The maximum absolute atomic E-state index is 15.1. The number of alkyl halides is 7. The number of aryl methyl sites for hydroxylation is 2. The summed E-state index contributed by atoms with van der Waals surface area (Å²) in [5, 5.41) is 12.0. The fourth-order valence-electron chi connectivity index (χ4n) is 6.56. The molecule has 0 bridgehead atoms. The smallest absolute Gasteiger partial charge is 0.367 e. The number of halogens is 8. The second-order valence-electron chi connectivity index (χ2n) is 11.0. The van der Waals surface area contributed by atoms with Gasteiger partial charge in [0.25, 0.3) is 0 Å². The Morgan fingerprint density at radius 1 is 0.911 bits per heavy atom. The van der Waals surface area contributed by atoms with Gasteiger partial charge in [-0.05, 0) is 107 Å². The molecule has 3 aromatic carbocycles. The highest BCUT2D eigenvalue weighted by Crippen LogP contribution is 2.57. The minimum Gasteiger partial charge on any atom is -0.367 e. The summed E-state index contributed by atoms with van der Waals surface area (Å²) in [6.45, 7) is 0.219. The number of sulfone groups is 1. The van der Waals surface area contributed by atoms with Gasteiger partial charge in [0.05, 0.1) is 18.0 Å². The van der Waals surface area contributed by atoms with Crippen LogP contribution in [-0.2, 0) is 33.7 Å². The maximum atomic E-state index is 15.1. The van der Waals surface area contributed by atoms with Crippen molar-refractivity contribution in [3.8, 4) is 11.4 Å². The van der Waals surface area contributed by atoms with Crippen molar-refractivity contribution in [1.29, 1.82) is 0 Å². The molecular formula is C29H23F7IN5O2S. The van der Waals surface area contributed by atoms with Gasteiger partial charge < -0.3 is 4.90 Å². The van der Waals surface area contributed by atoms with Gasteiger partial charge in [0.2, 0.25) is 5.82 Å². The standard InChI is InChI=1S/C29H23F7IN5O2S/c1-41-39-25(38-40-41)17-2-8-21(9-3-17)42-15-14-26(45(43,44)22-10-6-20(37)7-11-22)23-12-5-19(16-18(23)4-13-24(26)42)27(30,28(31,32)33)29(34,35)36/h2-3,5-12,16,24H,4,13-15H2,1H3/t24-,26-/m1/s1. The van der Waals surface area contributed by atoms with Gasteiger partial charge >= 0.3 is 18.0 Å². The van der Waals surface area contributed by atoms with Crippen molar-refractivity contribution in [3.05, 3.63) is 87.0 Å². The molecule has 45 heavy (non-hydrogen) atoms. The van der Waals surface area contributed by atoms with Crippen molar-refractivity contribution in [2.24, 2.45) is 7.05 Å². The molecule has 1 aromatic heterocycles. The first-order chi connectivity index (χ1) is 21.0. The maximum Gasteiger partial charge on any atom is 0.435 e. The summed E-state index contributed by atoms with van der Waals surface area (Å²) in [5.41, 5.74) is -5.95. The van der Waals surface area contributed by atoms with Crippen molar-refractivity contribution in [3.63, 3.8) is 0 Å². The van der Waals surface area contributed by atoms with Crippen LogP contribution in [0.5, 0.6) is 0 Å². The van der Waals surface area contributed by atoms with Crippen molar-refractivity contribution in [1.82, 2.24) is 20.2 Å². The highest BCUT2D eigenvalue weighted by Gasteiger charge is 2.73. The van der Waals surface area contributed by atoms with Crippen molar-refractivity contribution in [2.45, 2.75) is 53.0 Å². The lowest BCUT2D eigenvalue weighted by Gasteiger charge is -2.43. The molecule has 1 fully saturated rings. The highest BCUT2D eigenvalue weighted by atomic mass is 127. The van der Waals surface area contributed by atoms with Gasteiger partial charge in [-0.25, -0.2) is 12.8 Å². The van der Waals surface area contributed by atoms with Gasteiger partial charge in [-0.15, -0.1) is 10.2 Å². The van der Waals surface area contributed by atoms with E-state index in [9.17, 15) is 34.8 Å². The van der Waals surface area contributed by atoms with Crippen molar-refractivity contribution >= 4 is 38.1 Å². The molecule has 16 heteroatoms. The molecular weight excluding hydrogens is 742 g/mol. The van der Waals surface area contributed by atoms with E-state index >= 15 is 4.39 Å². The van der Waals surface area contributed by atoms with E-state index in [2.05, 4.69) is 15.4 Å². The molecule has 2 aliphatic rings. The molecule has 1 saturated heterocycles. The van der Waals surface area contributed by atoms with E-state index in [4.69, 9.17) is 0 Å². The number of aromatic nitrogens is 4. The Hall–Kier alpha value is -3.28. The number of nitrogens with zero attached hydrogens (tertiary/aromatic N) is 5. The molecule has 238 valence electrons. The molecule has 0 radical (unpaired) electrons. The molecule has 4 aromatic rings. The van der Waals surface area contributed by atoms with Gasteiger partial charge in [0.15, 0.2) is 9.84 Å². The first-order valence-electron chi connectivity index (χ1n) is 13.6. The number of fused-ring (bicyclic) bond motifs is 3. The average molecular weight is 765 g/mol. The second kappa shape index (κ2) is 10.6. The van der Waals surface area contributed by atoms with Crippen LogP contribution in [0, 0.1) is 3.57 Å². The summed E-state index contributed by atoms with van der Waals surface area (Å²) in [7, 11) is -2.68. The lowest BCUT2D eigenvalue weighted by molar-refractivity contribution is -0.348. The SMILES string of the molecule is Cn1nnc(-c2ccc(N3CC[C@@]4(S(=O)(=O)c5ccc(I)cc5)c5ccc(C(F)(C(F)(F)F)C(F)(F)F)cc5CC[C@@H]34)cc2)n1. The zero-order chi connectivity index (χ0) is 32.6. The lowest BCUT2D eigenvalue weighted by atomic mass is 9.76. The predicted octanol–water partition coefficient (Wildman–Crippen LogP) is 6.67. The minimum atomic E-state index is -6.29. The van der Waals surface area contributed by atoms with Crippen LogP contribution in [0.3, 0.4) is 0 Å². The molecule has 0 amide bonds. The van der Waals surface area contributed by atoms with Crippen LogP contribution in [0.15, 0.2) is 71.6 Å². The van der Waals surface area contributed by atoms with Crippen LogP contribution >= 0.6 is 22.6 Å². The molecule has 2 heterocycles. The summed E-state index contributed by atoms with van der Waals surface area (Å²) in [6, 6.07) is 14.2. The molecule has 0 saturated carbocycles.